The number of alkyl halides is 1. The minimum absolute atomic E-state index is 0.114. The first kappa shape index (κ1) is 17.8. The summed E-state index contributed by atoms with van der Waals surface area (Å²) in [5.41, 5.74) is -0.715. The van der Waals surface area contributed by atoms with Crippen LogP contribution in [-0.2, 0) is 9.63 Å². The van der Waals surface area contributed by atoms with E-state index in [0.717, 1.165) is 12.1 Å². The van der Waals surface area contributed by atoms with Crippen LogP contribution in [0, 0.1) is 23.0 Å². The largest absolute Gasteiger partial charge is 0.367 e. The van der Waals surface area contributed by atoms with Crippen LogP contribution in [-0.4, -0.2) is 24.1 Å². The van der Waals surface area contributed by atoms with E-state index in [1.165, 1.54) is 5.06 Å². The van der Waals surface area contributed by atoms with Crippen molar-refractivity contribution in [1.82, 2.24) is 5.06 Å². The molecule has 1 aliphatic rings. The summed E-state index contributed by atoms with van der Waals surface area (Å²) < 4.78 is 41.1. The number of hydroxylamine groups is 2. The Labute approximate surface area is 134 Å². The van der Waals surface area contributed by atoms with Crippen molar-refractivity contribution >= 4 is 5.97 Å². The monoisotopic (exact) mass is 329 g/mol. The predicted octanol–water partition coefficient (Wildman–Crippen LogP) is 4.19. The summed E-state index contributed by atoms with van der Waals surface area (Å²) in [4.78, 5) is 17.1. The van der Waals surface area contributed by atoms with Gasteiger partial charge in [0, 0.05) is 24.7 Å². The van der Waals surface area contributed by atoms with Gasteiger partial charge in [-0.25, -0.2) is 18.0 Å². The molecule has 1 aromatic carbocycles. The number of hydrogen-bond acceptors (Lipinski definition) is 3. The van der Waals surface area contributed by atoms with Gasteiger partial charge in [-0.3, -0.25) is 0 Å². The first-order valence-electron chi connectivity index (χ1n) is 7.75. The number of carbonyl (C=O) groups excluding carboxylic acids is 1. The molecule has 0 N–H and O–H groups in total. The number of carbonyl (C=O) groups is 1. The fourth-order valence-corrected chi connectivity index (χ4v) is 2.49. The van der Waals surface area contributed by atoms with Gasteiger partial charge in [0.15, 0.2) is 0 Å². The lowest BCUT2D eigenvalue weighted by atomic mass is 9.89. The summed E-state index contributed by atoms with van der Waals surface area (Å²) in [7, 11) is 0. The number of hydrogen-bond donors (Lipinski definition) is 0. The number of benzene rings is 1. The van der Waals surface area contributed by atoms with Crippen molar-refractivity contribution < 1.29 is 22.8 Å². The van der Waals surface area contributed by atoms with Gasteiger partial charge < -0.3 is 4.84 Å². The SMILES string of the molecule is CC(C)(C)C(=O)ON1CCC(C(F)c2ccc(F)cc2F)CC1. The Hall–Kier alpha value is -1.56. The van der Waals surface area contributed by atoms with Gasteiger partial charge in [0.1, 0.15) is 17.8 Å². The molecule has 2 rings (SSSR count). The van der Waals surface area contributed by atoms with Gasteiger partial charge in [0.2, 0.25) is 0 Å². The summed E-state index contributed by atoms with van der Waals surface area (Å²) in [5, 5.41) is 1.53. The Kier molecular flexibility index (Phi) is 5.34. The molecule has 1 unspecified atom stereocenters. The molecule has 1 atom stereocenters. The Morgan fingerprint density at radius 3 is 2.39 bits per heavy atom. The number of piperidine rings is 1. The fourth-order valence-electron chi connectivity index (χ4n) is 2.49. The van der Waals surface area contributed by atoms with E-state index in [2.05, 4.69) is 0 Å². The molecule has 128 valence electrons. The first-order chi connectivity index (χ1) is 10.7. The molecule has 0 radical (unpaired) electrons. The minimum atomic E-state index is -1.49. The van der Waals surface area contributed by atoms with Crippen molar-refractivity contribution in [2.45, 2.75) is 39.8 Å². The maximum atomic E-state index is 14.5. The highest BCUT2D eigenvalue weighted by Crippen LogP contribution is 2.35. The van der Waals surface area contributed by atoms with E-state index >= 15 is 0 Å². The lowest BCUT2D eigenvalue weighted by Gasteiger charge is -2.33. The maximum absolute atomic E-state index is 14.5. The topological polar surface area (TPSA) is 29.5 Å². The van der Waals surface area contributed by atoms with E-state index in [1.807, 2.05) is 0 Å². The molecular weight excluding hydrogens is 307 g/mol. The third kappa shape index (κ3) is 4.47. The van der Waals surface area contributed by atoms with Gasteiger partial charge >= 0.3 is 5.97 Å². The molecular formula is C17H22F3NO2. The van der Waals surface area contributed by atoms with Crippen LogP contribution in [0.15, 0.2) is 18.2 Å². The molecule has 0 aliphatic carbocycles. The summed E-state index contributed by atoms with van der Waals surface area (Å²) >= 11 is 0. The Morgan fingerprint density at radius 1 is 1.26 bits per heavy atom. The molecule has 1 aromatic rings. The summed E-state index contributed by atoms with van der Waals surface area (Å²) in [6.07, 6.45) is -0.610. The van der Waals surface area contributed by atoms with Crippen LogP contribution < -0.4 is 0 Å². The van der Waals surface area contributed by atoms with E-state index < -0.39 is 23.2 Å². The van der Waals surface area contributed by atoms with Crippen LogP contribution in [0.2, 0.25) is 0 Å². The zero-order valence-electron chi connectivity index (χ0n) is 13.6. The lowest BCUT2D eigenvalue weighted by molar-refractivity contribution is -0.207. The van der Waals surface area contributed by atoms with Gasteiger partial charge in [-0.2, -0.15) is 0 Å². The van der Waals surface area contributed by atoms with Gasteiger partial charge in [-0.05, 0) is 45.6 Å². The molecule has 1 heterocycles. The normalized spacial score (nSPS) is 18.7. The van der Waals surface area contributed by atoms with Crippen LogP contribution in [0.5, 0.6) is 0 Å². The number of rotatable bonds is 3. The minimum Gasteiger partial charge on any atom is -0.367 e. The highest BCUT2D eigenvalue weighted by atomic mass is 19.1. The molecule has 23 heavy (non-hydrogen) atoms. The zero-order valence-corrected chi connectivity index (χ0v) is 13.6. The van der Waals surface area contributed by atoms with Gasteiger partial charge in [-0.1, -0.05) is 6.07 Å². The molecule has 0 saturated carbocycles. The quantitative estimate of drug-likeness (QED) is 0.833. The van der Waals surface area contributed by atoms with Crippen molar-refractivity contribution in [3.63, 3.8) is 0 Å². The van der Waals surface area contributed by atoms with E-state index in [-0.39, 0.29) is 17.5 Å². The third-order valence-corrected chi connectivity index (χ3v) is 4.00. The third-order valence-electron chi connectivity index (χ3n) is 4.00. The molecule has 1 aliphatic heterocycles. The van der Waals surface area contributed by atoms with E-state index in [4.69, 9.17) is 4.84 Å². The van der Waals surface area contributed by atoms with Crippen LogP contribution >= 0.6 is 0 Å². The van der Waals surface area contributed by atoms with Gasteiger partial charge in [0.25, 0.3) is 0 Å². The fraction of sp³-hybridized carbons (Fsp3) is 0.588. The van der Waals surface area contributed by atoms with Gasteiger partial charge in [-0.15, -0.1) is 5.06 Å². The number of halogens is 3. The number of nitrogens with zero attached hydrogens (tertiary/aromatic N) is 1. The van der Waals surface area contributed by atoms with E-state index in [0.29, 0.717) is 32.0 Å². The van der Waals surface area contributed by atoms with Crippen molar-refractivity contribution in [3.05, 3.63) is 35.4 Å². The summed E-state index contributed by atoms with van der Waals surface area (Å²) in [5.74, 6) is -2.29. The van der Waals surface area contributed by atoms with Crippen molar-refractivity contribution in [3.8, 4) is 0 Å². The van der Waals surface area contributed by atoms with Crippen LogP contribution in [0.4, 0.5) is 13.2 Å². The molecule has 0 bridgehead atoms. The molecule has 0 spiro atoms. The van der Waals surface area contributed by atoms with E-state index in [1.54, 1.807) is 20.8 Å². The zero-order chi connectivity index (χ0) is 17.2. The van der Waals surface area contributed by atoms with Crippen molar-refractivity contribution in [2.75, 3.05) is 13.1 Å². The molecule has 1 saturated heterocycles. The van der Waals surface area contributed by atoms with Gasteiger partial charge in [0.05, 0.1) is 5.41 Å². The average molecular weight is 329 g/mol. The van der Waals surface area contributed by atoms with Crippen molar-refractivity contribution in [2.24, 2.45) is 11.3 Å². The molecule has 6 heteroatoms. The van der Waals surface area contributed by atoms with Crippen molar-refractivity contribution in [1.29, 1.82) is 0 Å². The molecule has 0 amide bonds. The average Bonchev–Trinajstić information content (AvgIpc) is 2.46. The highest BCUT2D eigenvalue weighted by molar-refractivity contribution is 5.75. The molecule has 1 fully saturated rings. The Balaban J connectivity index is 1.92. The first-order valence-corrected chi connectivity index (χ1v) is 7.75. The molecule has 0 aromatic heterocycles. The second-order valence-electron chi connectivity index (χ2n) is 6.96. The smallest absolute Gasteiger partial charge is 0.330 e. The summed E-state index contributed by atoms with van der Waals surface area (Å²) in [6.45, 7) is 6.08. The van der Waals surface area contributed by atoms with Crippen LogP contribution in [0.25, 0.3) is 0 Å². The van der Waals surface area contributed by atoms with Crippen LogP contribution in [0.3, 0.4) is 0 Å². The standard InChI is InChI=1S/C17H22F3NO2/c1-17(2,3)16(22)23-21-8-6-11(7-9-21)15(20)13-5-4-12(18)10-14(13)19/h4-5,10-11,15H,6-9H2,1-3H3. The molecule has 3 nitrogen and oxygen atoms in total. The Bertz CT molecular complexity index is 563. The highest BCUT2D eigenvalue weighted by Gasteiger charge is 2.32. The van der Waals surface area contributed by atoms with E-state index in [9.17, 15) is 18.0 Å². The second kappa shape index (κ2) is 6.91. The lowest BCUT2D eigenvalue weighted by Crippen LogP contribution is -2.39. The summed E-state index contributed by atoms with van der Waals surface area (Å²) in [6, 6.07) is 2.91. The second-order valence-corrected chi connectivity index (χ2v) is 6.96. The Morgan fingerprint density at radius 2 is 1.87 bits per heavy atom. The van der Waals surface area contributed by atoms with Crippen LogP contribution in [0.1, 0.15) is 45.3 Å². The maximum Gasteiger partial charge on any atom is 0.330 e. The predicted molar refractivity (Wildman–Crippen MR) is 80.1 cm³/mol.